The molecule has 6 nitrogen and oxygen atoms in total. The van der Waals surface area contributed by atoms with E-state index >= 15 is 0 Å². The number of hydrogen-bond acceptors (Lipinski definition) is 6. The molecular weight excluding hydrogens is 1130 g/mol. The highest BCUT2D eigenvalue weighted by Crippen LogP contribution is 2.30. The molecule has 8 aromatic carbocycles. The Balaban J connectivity index is 0.000000234. The van der Waals surface area contributed by atoms with E-state index in [1.165, 1.54) is 51.6 Å². The normalized spacial score (nSPS) is 11.5. The molecule has 0 saturated heterocycles. The fourth-order valence-electron chi connectivity index (χ4n) is 8.33. The zero-order chi connectivity index (χ0) is 49.4. The van der Waals surface area contributed by atoms with Gasteiger partial charge in [0.1, 0.15) is 0 Å². The second-order valence-electron chi connectivity index (χ2n) is 16.2. The van der Waals surface area contributed by atoms with Crippen LogP contribution in [0.25, 0.3) is 66.8 Å². The van der Waals surface area contributed by atoms with Gasteiger partial charge in [0.2, 0.25) is 0 Å². The average molecular weight is 1190 g/mol. The van der Waals surface area contributed by atoms with Gasteiger partial charge in [0.05, 0.1) is 0 Å². The van der Waals surface area contributed by atoms with Crippen molar-refractivity contribution in [2.75, 3.05) is 39.6 Å². The zero-order valence-electron chi connectivity index (χ0n) is 40.9. The third-order valence-corrected chi connectivity index (χ3v) is 19.2. The summed E-state index contributed by atoms with van der Waals surface area (Å²) in [6.45, 7) is 15.1. The summed E-state index contributed by atoms with van der Waals surface area (Å²) in [6, 6.07) is 69.0. The summed E-state index contributed by atoms with van der Waals surface area (Å²) in [7, 11) is -5.83. The predicted molar refractivity (Wildman–Crippen MR) is 311 cm³/mol. The van der Waals surface area contributed by atoms with E-state index in [2.05, 4.69) is 239 Å². The monoisotopic (exact) mass is 1190 g/mol. The quantitative estimate of drug-likeness (QED) is 0.0560. The van der Waals surface area contributed by atoms with Crippen molar-refractivity contribution in [1.82, 2.24) is 0 Å². The van der Waals surface area contributed by atoms with Gasteiger partial charge in [0.15, 0.2) is 0 Å². The molecule has 0 atom stereocenters. The molecule has 0 heterocycles. The summed E-state index contributed by atoms with van der Waals surface area (Å²) >= 11 is 4.67. The Kier molecular flexibility index (Phi) is 19.9. The largest absolute Gasteiger partial charge is 0.537 e. The summed E-state index contributed by atoms with van der Waals surface area (Å²) in [5.41, 5.74) is 14.4. The van der Waals surface area contributed by atoms with Crippen LogP contribution < -0.4 is 10.4 Å². The number of halogens is 2. The van der Waals surface area contributed by atoms with Crippen molar-refractivity contribution in [3.63, 3.8) is 0 Å². The lowest BCUT2D eigenvalue weighted by atomic mass is 9.98. The van der Waals surface area contributed by atoms with Crippen LogP contribution in [0.4, 0.5) is 0 Å². The van der Waals surface area contributed by atoms with Gasteiger partial charge in [-0.3, -0.25) is 0 Å². The van der Waals surface area contributed by atoms with Crippen LogP contribution in [-0.4, -0.2) is 57.3 Å². The van der Waals surface area contributed by atoms with Crippen LogP contribution in [0.2, 0.25) is 0 Å². The Labute approximate surface area is 445 Å². The van der Waals surface area contributed by atoms with Crippen LogP contribution in [-0.2, 0) is 26.6 Å². The van der Waals surface area contributed by atoms with Gasteiger partial charge in [-0.2, -0.15) is 0 Å². The molecule has 0 bridgehead atoms. The van der Waals surface area contributed by atoms with Gasteiger partial charge < -0.3 is 26.6 Å². The summed E-state index contributed by atoms with van der Waals surface area (Å²) in [5.74, 6) is 0. The van der Waals surface area contributed by atoms with Crippen molar-refractivity contribution >= 4 is 73.2 Å². The fraction of sp³-hybridized carbons (Fsp3) is 0.200. The van der Waals surface area contributed by atoms with E-state index in [4.69, 9.17) is 26.6 Å². The summed E-state index contributed by atoms with van der Waals surface area (Å²) in [6.07, 6.45) is 0. The standard InChI is InChI=1S/C36H46O6Si2.C24H16I2/c1-7-37-43(38-8-2,39-9-3)35-25-21-33(22-26-35)31-17-13-29(14-18-31)30-15-19-32(20-16-30)34-23-27-36(28-24-34)44(40-10-4,41-11-5)42-12-6;25-23-13-9-21(10-14-23)19-5-1-17(2-6-19)18-3-7-20(8-4-18)22-11-15-24(26)16-12-22/h13-28H,7-12H2,1-6H3;1-16H. The van der Waals surface area contributed by atoms with Gasteiger partial charge >= 0.3 is 17.6 Å². The SMILES string of the molecule is CCO[Si](OCC)(OCC)c1ccc(-c2ccc(-c3ccc(-c4ccc([Si](OCC)(OCC)OCC)cc4)cc3)cc2)cc1.Ic1ccc(-c2ccc(-c3ccc(-c4ccc(I)cc4)cc3)cc2)cc1. The first kappa shape index (κ1) is 53.2. The van der Waals surface area contributed by atoms with Crippen molar-refractivity contribution in [2.24, 2.45) is 0 Å². The minimum absolute atomic E-state index is 0.544. The topological polar surface area (TPSA) is 55.4 Å². The van der Waals surface area contributed by atoms with Crippen LogP contribution >= 0.6 is 45.2 Å². The molecule has 0 fully saturated rings. The van der Waals surface area contributed by atoms with E-state index in [9.17, 15) is 0 Å². The molecule has 0 aromatic heterocycles. The maximum absolute atomic E-state index is 6.07. The first-order chi connectivity index (χ1) is 34.2. The van der Waals surface area contributed by atoms with Crippen molar-refractivity contribution in [3.05, 3.63) is 201 Å². The second-order valence-corrected chi connectivity index (χ2v) is 23.8. The molecule has 0 spiro atoms. The maximum Gasteiger partial charge on any atom is 0.537 e. The van der Waals surface area contributed by atoms with Gasteiger partial charge in [0, 0.05) is 57.2 Å². The van der Waals surface area contributed by atoms with Gasteiger partial charge in [-0.25, -0.2) is 0 Å². The third-order valence-electron chi connectivity index (χ3n) is 11.7. The Morgan fingerprint density at radius 3 is 0.500 bits per heavy atom. The number of rotatable bonds is 20. The molecular formula is C60H62I2O6Si2. The minimum Gasteiger partial charge on any atom is -0.370 e. The van der Waals surface area contributed by atoms with E-state index in [-0.39, 0.29) is 0 Å². The van der Waals surface area contributed by atoms with E-state index in [0.29, 0.717) is 39.6 Å². The molecule has 0 unspecified atom stereocenters. The molecule has 0 amide bonds. The first-order valence-corrected chi connectivity index (χ1v) is 29.8. The van der Waals surface area contributed by atoms with E-state index in [1.807, 2.05) is 41.5 Å². The highest BCUT2D eigenvalue weighted by Gasteiger charge is 2.44. The molecule has 70 heavy (non-hydrogen) atoms. The lowest BCUT2D eigenvalue weighted by Crippen LogP contribution is -2.56. The van der Waals surface area contributed by atoms with Gasteiger partial charge in [0.25, 0.3) is 0 Å². The third kappa shape index (κ3) is 13.5. The van der Waals surface area contributed by atoms with Crippen LogP contribution in [0, 0.1) is 7.14 Å². The zero-order valence-corrected chi connectivity index (χ0v) is 47.2. The fourth-order valence-corrected chi connectivity index (χ4v) is 14.0. The predicted octanol–water partition coefficient (Wildman–Crippen LogP) is 15.1. The van der Waals surface area contributed by atoms with E-state index < -0.39 is 17.6 Å². The van der Waals surface area contributed by atoms with Gasteiger partial charge in [-0.15, -0.1) is 0 Å². The Hall–Kier alpha value is -4.59. The lowest BCUT2D eigenvalue weighted by Gasteiger charge is -2.28. The van der Waals surface area contributed by atoms with Crippen LogP contribution in [0.5, 0.6) is 0 Å². The summed E-state index contributed by atoms with van der Waals surface area (Å²) in [4.78, 5) is 0. The Morgan fingerprint density at radius 2 is 0.357 bits per heavy atom. The summed E-state index contributed by atoms with van der Waals surface area (Å²) < 4.78 is 38.9. The highest BCUT2D eigenvalue weighted by atomic mass is 127. The van der Waals surface area contributed by atoms with Crippen LogP contribution in [0.15, 0.2) is 194 Å². The Morgan fingerprint density at radius 1 is 0.229 bits per heavy atom. The van der Waals surface area contributed by atoms with Gasteiger partial charge in [-0.1, -0.05) is 170 Å². The summed E-state index contributed by atoms with van der Waals surface area (Å²) in [5, 5.41) is 1.97. The first-order valence-electron chi connectivity index (χ1n) is 24.1. The molecule has 8 rings (SSSR count). The Bertz CT molecular complexity index is 2570. The van der Waals surface area contributed by atoms with E-state index in [0.717, 1.165) is 32.6 Å². The lowest BCUT2D eigenvalue weighted by molar-refractivity contribution is 0.0851. The van der Waals surface area contributed by atoms with E-state index in [1.54, 1.807) is 0 Å². The maximum atomic E-state index is 6.07. The van der Waals surface area contributed by atoms with Crippen molar-refractivity contribution in [2.45, 2.75) is 41.5 Å². The minimum atomic E-state index is -2.91. The smallest absolute Gasteiger partial charge is 0.370 e. The number of benzene rings is 8. The molecule has 0 radical (unpaired) electrons. The van der Waals surface area contributed by atoms with Crippen LogP contribution in [0.3, 0.4) is 0 Å². The van der Waals surface area contributed by atoms with Gasteiger partial charge in [-0.05, 0) is 178 Å². The second kappa shape index (κ2) is 26.2. The molecule has 0 aliphatic carbocycles. The van der Waals surface area contributed by atoms with Crippen LogP contribution in [0.1, 0.15) is 41.5 Å². The number of hydrogen-bond donors (Lipinski definition) is 0. The van der Waals surface area contributed by atoms with Crippen molar-refractivity contribution < 1.29 is 26.6 Å². The molecule has 8 aromatic rings. The molecule has 0 saturated carbocycles. The van der Waals surface area contributed by atoms with Crippen molar-refractivity contribution in [1.29, 1.82) is 0 Å². The van der Waals surface area contributed by atoms with Crippen molar-refractivity contribution in [3.8, 4) is 66.8 Å². The molecule has 0 aliphatic rings. The molecule has 0 N–H and O–H groups in total. The molecule has 10 heteroatoms. The molecule has 0 aliphatic heterocycles. The average Bonchev–Trinajstić information content (AvgIpc) is 3.40. The molecule has 360 valence electrons. The highest BCUT2D eigenvalue weighted by molar-refractivity contribution is 14.1.